The molecule has 5 N–H and O–H groups in total. The Balaban J connectivity index is 4.34. The molecular weight excluding hydrogens is 540 g/mol. The highest BCUT2D eigenvalue weighted by atomic mass is 16.6. The van der Waals surface area contributed by atoms with E-state index in [0.29, 0.717) is 11.5 Å². The molecule has 42 heavy (non-hydrogen) atoms. The Morgan fingerprint density at radius 3 is 1.81 bits per heavy atom. The zero-order valence-corrected chi connectivity index (χ0v) is 26.8. The van der Waals surface area contributed by atoms with E-state index >= 15 is 0 Å². The lowest BCUT2D eigenvalue weighted by atomic mass is 9.89. The van der Waals surface area contributed by atoms with Gasteiger partial charge < -0.3 is 30.3 Å². The van der Waals surface area contributed by atoms with Crippen LogP contribution < -0.4 is 0 Å². The van der Waals surface area contributed by atoms with E-state index in [1.165, 1.54) is 58.3 Å². The number of ketones is 1. The molecule has 0 aliphatic carbocycles. The molecule has 246 valence electrons. The lowest BCUT2D eigenvalue weighted by Gasteiger charge is -2.24. The standard InChI is InChI=1S/C33H60O9/c1-6-7-8-9-10-11-12-13-14-18-27(35)19-16-15-17-23(2)20-24(3)21-25(4)29(36)26(5)33(41)42-28(22-34)30(37)31(38)32(39)40/h21,23-24,26-28,30-31,34-35,37-38H,6-20,22H2,1-5H3,(H,39,40)/b25-21+/t23-,24+,26+,27-,28+,30+,31-/m0/s1. The molecule has 0 radical (unpaired) electrons. The number of allylic oxidation sites excluding steroid dienone is 2. The molecule has 0 saturated carbocycles. The molecular formula is C33H60O9. The molecule has 0 unspecified atom stereocenters. The molecule has 0 rings (SSSR count). The van der Waals surface area contributed by atoms with Crippen molar-refractivity contribution in [1.29, 1.82) is 0 Å². The molecule has 0 aromatic heterocycles. The van der Waals surface area contributed by atoms with Crippen molar-refractivity contribution in [3.63, 3.8) is 0 Å². The van der Waals surface area contributed by atoms with Gasteiger partial charge in [0, 0.05) is 0 Å². The summed E-state index contributed by atoms with van der Waals surface area (Å²) >= 11 is 0. The van der Waals surface area contributed by atoms with Gasteiger partial charge in [-0.05, 0) is 50.5 Å². The van der Waals surface area contributed by atoms with Gasteiger partial charge in [0.25, 0.3) is 0 Å². The molecule has 0 aliphatic rings. The number of esters is 1. The van der Waals surface area contributed by atoms with Gasteiger partial charge in [0.15, 0.2) is 18.0 Å². The van der Waals surface area contributed by atoms with Crippen molar-refractivity contribution < 1.29 is 44.7 Å². The molecule has 0 saturated heterocycles. The number of hydrogen-bond acceptors (Lipinski definition) is 8. The fraction of sp³-hybridized carbons (Fsp3) is 0.848. The van der Waals surface area contributed by atoms with E-state index in [4.69, 9.17) is 9.84 Å². The average Bonchev–Trinajstić information content (AvgIpc) is 2.95. The fourth-order valence-electron chi connectivity index (χ4n) is 5.30. The summed E-state index contributed by atoms with van der Waals surface area (Å²) < 4.78 is 4.93. The number of carbonyl (C=O) groups excluding carboxylic acids is 2. The summed E-state index contributed by atoms with van der Waals surface area (Å²) in [5.74, 6) is -3.92. The van der Waals surface area contributed by atoms with Crippen LogP contribution in [0.3, 0.4) is 0 Å². The second-order valence-corrected chi connectivity index (χ2v) is 12.2. The molecule has 0 aliphatic heterocycles. The van der Waals surface area contributed by atoms with Crippen molar-refractivity contribution >= 4 is 17.7 Å². The number of aliphatic hydroxyl groups is 4. The quantitative estimate of drug-likeness (QED) is 0.0381. The van der Waals surface area contributed by atoms with Crippen LogP contribution in [0, 0.1) is 17.8 Å². The third-order valence-corrected chi connectivity index (χ3v) is 7.97. The number of unbranched alkanes of at least 4 members (excludes halogenated alkanes) is 9. The normalized spacial score (nSPS) is 17.1. The molecule has 0 aromatic rings. The molecule has 0 bridgehead atoms. The predicted molar refractivity (Wildman–Crippen MR) is 164 cm³/mol. The van der Waals surface area contributed by atoms with E-state index in [9.17, 15) is 34.8 Å². The number of hydrogen-bond donors (Lipinski definition) is 5. The summed E-state index contributed by atoms with van der Waals surface area (Å²) in [5, 5.41) is 47.7. The first-order chi connectivity index (χ1) is 19.8. The lowest BCUT2D eigenvalue weighted by molar-refractivity contribution is -0.176. The Hall–Kier alpha value is -1.81. The lowest BCUT2D eigenvalue weighted by Crippen LogP contribution is -2.46. The first-order valence-corrected chi connectivity index (χ1v) is 16.2. The zero-order valence-electron chi connectivity index (χ0n) is 26.8. The van der Waals surface area contributed by atoms with Crippen LogP contribution in [0.1, 0.15) is 131 Å². The number of carbonyl (C=O) groups is 3. The second kappa shape index (κ2) is 23.6. The maximum absolute atomic E-state index is 12.8. The molecule has 0 heterocycles. The number of rotatable bonds is 26. The molecule has 0 amide bonds. The van der Waals surface area contributed by atoms with Gasteiger partial charge in [-0.2, -0.15) is 0 Å². The smallest absolute Gasteiger partial charge is 0.335 e. The van der Waals surface area contributed by atoms with Crippen molar-refractivity contribution in [1.82, 2.24) is 0 Å². The van der Waals surface area contributed by atoms with Gasteiger partial charge in [-0.3, -0.25) is 9.59 Å². The third kappa shape index (κ3) is 18.0. The van der Waals surface area contributed by atoms with Crippen LogP contribution in [0.5, 0.6) is 0 Å². The monoisotopic (exact) mass is 600 g/mol. The Morgan fingerprint density at radius 2 is 1.29 bits per heavy atom. The Labute approximate surface area is 253 Å². The topological polar surface area (TPSA) is 162 Å². The zero-order chi connectivity index (χ0) is 32.1. The van der Waals surface area contributed by atoms with Gasteiger partial charge in [-0.25, -0.2) is 4.79 Å². The minimum atomic E-state index is -2.25. The van der Waals surface area contributed by atoms with E-state index in [2.05, 4.69) is 13.8 Å². The Kier molecular flexibility index (Phi) is 22.6. The van der Waals surface area contributed by atoms with E-state index in [1.807, 2.05) is 13.0 Å². The van der Waals surface area contributed by atoms with Gasteiger partial charge in [0.1, 0.15) is 12.0 Å². The van der Waals surface area contributed by atoms with Gasteiger partial charge in [-0.1, -0.05) is 104 Å². The van der Waals surface area contributed by atoms with Crippen molar-refractivity contribution in [3.05, 3.63) is 11.6 Å². The van der Waals surface area contributed by atoms with E-state index in [0.717, 1.165) is 44.9 Å². The second-order valence-electron chi connectivity index (χ2n) is 12.2. The van der Waals surface area contributed by atoms with Crippen LogP contribution in [0.15, 0.2) is 11.6 Å². The van der Waals surface area contributed by atoms with Crippen LogP contribution in [-0.2, 0) is 19.1 Å². The van der Waals surface area contributed by atoms with Crippen LogP contribution in [0.4, 0.5) is 0 Å². The minimum absolute atomic E-state index is 0.0992. The molecule has 9 heteroatoms. The van der Waals surface area contributed by atoms with E-state index in [-0.39, 0.29) is 12.0 Å². The summed E-state index contributed by atoms with van der Waals surface area (Å²) in [6.45, 7) is 8.47. The van der Waals surface area contributed by atoms with Gasteiger partial charge >= 0.3 is 11.9 Å². The predicted octanol–water partition coefficient (Wildman–Crippen LogP) is 5.35. The average molecular weight is 601 g/mol. The SMILES string of the molecule is CCCCCCCCCCC[C@H](O)CCCC[C@H](C)C[C@@H](C)/C=C(\C)C(=O)[C@@H](C)C(=O)O[C@H](CO)[C@@H](O)[C@H](O)C(=O)O. The van der Waals surface area contributed by atoms with Gasteiger partial charge in [0.05, 0.1) is 12.7 Å². The fourth-order valence-corrected chi connectivity index (χ4v) is 5.30. The Morgan fingerprint density at radius 1 is 0.786 bits per heavy atom. The van der Waals surface area contributed by atoms with Gasteiger partial charge in [0.2, 0.25) is 0 Å². The summed E-state index contributed by atoms with van der Waals surface area (Å²) in [7, 11) is 0. The van der Waals surface area contributed by atoms with Crippen LogP contribution in [0.2, 0.25) is 0 Å². The number of aliphatic hydroxyl groups excluding tert-OH is 4. The number of aliphatic carboxylic acids is 1. The molecule has 0 fully saturated rings. The highest BCUT2D eigenvalue weighted by molar-refractivity contribution is 6.07. The number of Topliss-reactive ketones (excluding diaryl/α,β-unsaturated/α-hetero) is 1. The molecule has 7 atom stereocenters. The summed E-state index contributed by atoms with van der Waals surface area (Å²) in [6, 6.07) is 0. The number of carboxylic acid groups (broad SMARTS) is 1. The molecule has 0 spiro atoms. The summed E-state index contributed by atoms with van der Waals surface area (Å²) in [5.41, 5.74) is 0.394. The first-order valence-electron chi connectivity index (χ1n) is 16.2. The van der Waals surface area contributed by atoms with E-state index in [1.54, 1.807) is 6.92 Å². The highest BCUT2D eigenvalue weighted by Crippen LogP contribution is 2.22. The maximum atomic E-state index is 12.8. The number of ether oxygens (including phenoxy) is 1. The minimum Gasteiger partial charge on any atom is -0.479 e. The number of carboxylic acids is 1. The first kappa shape index (κ1) is 40.2. The van der Waals surface area contributed by atoms with Crippen molar-refractivity contribution in [2.75, 3.05) is 6.61 Å². The Bertz CT molecular complexity index is 781. The highest BCUT2D eigenvalue weighted by Gasteiger charge is 2.35. The third-order valence-electron chi connectivity index (χ3n) is 7.97. The van der Waals surface area contributed by atoms with Crippen molar-refractivity contribution in [2.45, 2.75) is 155 Å². The van der Waals surface area contributed by atoms with Gasteiger partial charge in [-0.15, -0.1) is 0 Å². The largest absolute Gasteiger partial charge is 0.479 e. The summed E-state index contributed by atoms with van der Waals surface area (Å²) in [6.07, 6.45) is 12.9. The van der Waals surface area contributed by atoms with Crippen molar-refractivity contribution in [2.24, 2.45) is 17.8 Å². The molecule has 0 aromatic carbocycles. The van der Waals surface area contributed by atoms with Crippen LogP contribution in [-0.4, -0.2) is 74.3 Å². The summed E-state index contributed by atoms with van der Waals surface area (Å²) in [4.78, 5) is 36.0. The van der Waals surface area contributed by atoms with Crippen molar-refractivity contribution in [3.8, 4) is 0 Å². The van der Waals surface area contributed by atoms with Crippen LogP contribution in [0.25, 0.3) is 0 Å². The van der Waals surface area contributed by atoms with Crippen LogP contribution >= 0.6 is 0 Å². The maximum Gasteiger partial charge on any atom is 0.335 e. The molecule has 9 nitrogen and oxygen atoms in total. The van der Waals surface area contributed by atoms with E-state index < -0.39 is 48.6 Å².